The zero-order valence-corrected chi connectivity index (χ0v) is 10.6. The summed E-state index contributed by atoms with van der Waals surface area (Å²) in [5, 5.41) is 10.8. The number of ether oxygens (including phenoxy) is 1. The Balaban J connectivity index is 1.94. The third kappa shape index (κ3) is 2.78. The van der Waals surface area contributed by atoms with Gasteiger partial charge in [-0.3, -0.25) is 0 Å². The maximum absolute atomic E-state index is 10.8. The van der Waals surface area contributed by atoms with E-state index in [1.54, 1.807) is 0 Å². The van der Waals surface area contributed by atoms with Crippen molar-refractivity contribution in [2.45, 2.75) is 63.9 Å². The molecule has 1 saturated carbocycles. The van der Waals surface area contributed by atoms with Crippen LogP contribution in [0, 0.1) is 11.8 Å². The van der Waals surface area contributed by atoms with Crippen LogP contribution in [0.5, 0.6) is 0 Å². The first kappa shape index (κ1) is 12.4. The van der Waals surface area contributed by atoms with E-state index in [9.17, 15) is 5.11 Å². The minimum atomic E-state index is -0.367. The molecule has 1 N–H and O–H groups in total. The molecule has 0 bridgehead atoms. The Morgan fingerprint density at radius 1 is 1.12 bits per heavy atom. The number of rotatable bonds is 2. The van der Waals surface area contributed by atoms with Crippen LogP contribution in [0.1, 0.15) is 58.3 Å². The highest BCUT2D eigenvalue weighted by atomic mass is 16.5. The number of hydrogen-bond donors (Lipinski definition) is 1. The van der Waals surface area contributed by atoms with E-state index < -0.39 is 0 Å². The van der Waals surface area contributed by atoms with Crippen molar-refractivity contribution in [1.29, 1.82) is 0 Å². The van der Waals surface area contributed by atoms with Crippen molar-refractivity contribution in [3.8, 4) is 0 Å². The predicted octanol–water partition coefficient (Wildman–Crippen LogP) is 3.13. The second kappa shape index (κ2) is 5.50. The van der Waals surface area contributed by atoms with Gasteiger partial charge < -0.3 is 9.84 Å². The van der Waals surface area contributed by atoms with E-state index >= 15 is 0 Å². The molecule has 2 unspecified atom stereocenters. The van der Waals surface area contributed by atoms with Crippen molar-refractivity contribution in [3.63, 3.8) is 0 Å². The quantitative estimate of drug-likeness (QED) is 0.733. The Hall–Kier alpha value is -0.0800. The number of aliphatic hydroxyl groups is 1. The first-order valence-corrected chi connectivity index (χ1v) is 7.05. The predicted molar refractivity (Wildman–Crippen MR) is 65.4 cm³/mol. The molecule has 0 aromatic carbocycles. The van der Waals surface area contributed by atoms with E-state index in [4.69, 9.17) is 4.74 Å². The molecule has 1 saturated heterocycles. The third-order valence-electron chi connectivity index (χ3n) is 4.77. The molecular formula is C14H26O2. The Morgan fingerprint density at radius 2 is 1.88 bits per heavy atom. The fraction of sp³-hybridized carbons (Fsp3) is 1.00. The molecule has 0 aromatic heterocycles. The summed E-state index contributed by atoms with van der Waals surface area (Å²) in [5.41, 5.74) is -0.367. The summed E-state index contributed by atoms with van der Waals surface area (Å²) in [6.45, 7) is 3.98. The highest BCUT2D eigenvalue weighted by molar-refractivity contribution is 4.90. The monoisotopic (exact) mass is 226 g/mol. The maximum Gasteiger partial charge on any atom is 0.0677 e. The summed E-state index contributed by atoms with van der Waals surface area (Å²) in [7, 11) is 0. The van der Waals surface area contributed by atoms with Crippen LogP contribution in [-0.2, 0) is 4.74 Å². The van der Waals surface area contributed by atoms with E-state index in [1.807, 2.05) is 0 Å². The zero-order chi connectivity index (χ0) is 11.4. The van der Waals surface area contributed by atoms with Crippen molar-refractivity contribution in [2.75, 3.05) is 13.2 Å². The first-order valence-electron chi connectivity index (χ1n) is 7.05. The molecule has 16 heavy (non-hydrogen) atoms. The minimum Gasteiger partial charge on any atom is -0.390 e. The second-order valence-electron chi connectivity index (χ2n) is 5.70. The van der Waals surface area contributed by atoms with Crippen molar-refractivity contribution in [3.05, 3.63) is 0 Å². The Labute approximate surface area is 99.4 Å². The molecule has 1 aliphatic heterocycles. The van der Waals surface area contributed by atoms with Crippen LogP contribution < -0.4 is 0 Å². The Kier molecular flexibility index (Phi) is 4.26. The average Bonchev–Trinajstić information content (AvgIpc) is 2.53. The first-order chi connectivity index (χ1) is 7.74. The highest BCUT2D eigenvalue weighted by Crippen LogP contribution is 2.40. The maximum atomic E-state index is 10.8. The van der Waals surface area contributed by atoms with E-state index in [2.05, 4.69) is 6.92 Å². The second-order valence-corrected chi connectivity index (χ2v) is 5.70. The van der Waals surface area contributed by atoms with Gasteiger partial charge in [0.25, 0.3) is 0 Å². The van der Waals surface area contributed by atoms with Gasteiger partial charge in [-0.1, -0.05) is 26.2 Å². The lowest BCUT2D eigenvalue weighted by molar-refractivity contribution is -0.0749. The van der Waals surface area contributed by atoms with Crippen molar-refractivity contribution in [1.82, 2.24) is 0 Å². The molecule has 2 heteroatoms. The molecule has 0 spiro atoms. The average molecular weight is 226 g/mol. The third-order valence-corrected chi connectivity index (χ3v) is 4.77. The van der Waals surface area contributed by atoms with Crippen molar-refractivity contribution < 1.29 is 9.84 Å². The van der Waals surface area contributed by atoms with Crippen molar-refractivity contribution >= 4 is 0 Å². The van der Waals surface area contributed by atoms with Crippen LogP contribution in [0.25, 0.3) is 0 Å². The summed E-state index contributed by atoms with van der Waals surface area (Å²) in [4.78, 5) is 0. The summed E-state index contributed by atoms with van der Waals surface area (Å²) in [6, 6.07) is 0. The van der Waals surface area contributed by atoms with Crippen LogP contribution >= 0.6 is 0 Å². The smallest absolute Gasteiger partial charge is 0.0677 e. The van der Waals surface area contributed by atoms with Crippen LogP contribution in [0.15, 0.2) is 0 Å². The standard InChI is InChI=1S/C14H26O2/c1-2-12-4-3-8-14(15,9-5-12)13-6-10-16-11-7-13/h12-13,15H,2-11H2,1H3. The minimum absolute atomic E-state index is 0.367. The van der Waals surface area contributed by atoms with E-state index in [0.29, 0.717) is 5.92 Å². The molecule has 0 amide bonds. The fourth-order valence-corrected chi connectivity index (χ4v) is 3.47. The van der Waals surface area contributed by atoms with Crippen LogP contribution in [0.3, 0.4) is 0 Å². The molecule has 94 valence electrons. The van der Waals surface area contributed by atoms with Gasteiger partial charge in [0, 0.05) is 13.2 Å². The van der Waals surface area contributed by atoms with Gasteiger partial charge in [-0.2, -0.15) is 0 Å². The van der Waals surface area contributed by atoms with Gasteiger partial charge in [-0.25, -0.2) is 0 Å². The molecule has 1 heterocycles. The normalized spacial score (nSPS) is 38.2. The molecule has 2 fully saturated rings. The summed E-state index contributed by atoms with van der Waals surface area (Å²) in [5.74, 6) is 1.35. The molecule has 2 rings (SSSR count). The van der Waals surface area contributed by atoms with Crippen LogP contribution in [-0.4, -0.2) is 23.9 Å². The van der Waals surface area contributed by atoms with Gasteiger partial charge in [0.2, 0.25) is 0 Å². The Morgan fingerprint density at radius 3 is 2.56 bits per heavy atom. The van der Waals surface area contributed by atoms with Crippen LogP contribution in [0.2, 0.25) is 0 Å². The van der Waals surface area contributed by atoms with Gasteiger partial charge in [0.15, 0.2) is 0 Å². The van der Waals surface area contributed by atoms with Gasteiger partial charge in [-0.15, -0.1) is 0 Å². The zero-order valence-electron chi connectivity index (χ0n) is 10.6. The molecular weight excluding hydrogens is 200 g/mol. The van der Waals surface area contributed by atoms with Gasteiger partial charge in [-0.05, 0) is 43.9 Å². The van der Waals surface area contributed by atoms with Gasteiger partial charge in [0.05, 0.1) is 5.60 Å². The molecule has 2 nitrogen and oxygen atoms in total. The topological polar surface area (TPSA) is 29.5 Å². The molecule has 1 aliphatic carbocycles. The largest absolute Gasteiger partial charge is 0.390 e. The SMILES string of the molecule is CCC1CCCC(O)(C2CCOCC2)CC1. The van der Waals surface area contributed by atoms with E-state index in [1.165, 1.54) is 25.7 Å². The molecule has 2 atom stereocenters. The molecule has 2 aliphatic rings. The lowest BCUT2D eigenvalue weighted by Gasteiger charge is -2.38. The van der Waals surface area contributed by atoms with Crippen LogP contribution in [0.4, 0.5) is 0 Å². The lowest BCUT2D eigenvalue weighted by Crippen LogP contribution is -2.40. The van der Waals surface area contributed by atoms with Gasteiger partial charge >= 0.3 is 0 Å². The Bertz CT molecular complexity index is 211. The molecule has 0 aromatic rings. The lowest BCUT2D eigenvalue weighted by atomic mass is 9.77. The van der Waals surface area contributed by atoms with Crippen molar-refractivity contribution in [2.24, 2.45) is 11.8 Å². The van der Waals surface area contributed by atoms with E-state index in [-0.39, 0.29) is 5.60 Å². The summed E-state index contributed by atoms with van der Waals surface area (Å²) < 4.78 is 5.40. The van der Waals surface area contributed by atoms with Gasteiger partial charge in [0.1, 0.15) is 0 Å². The highest BCUT2D eigenvalue weighted by Gasteiger charge is 2.38. The summed E-state index contributed by atoms with van der Waals surface area (Å²) in [6.07, 6.45) is 9.22. The number of hydrogen-bond acceptors (Lipinski definition) is 2. The van der Waals surface area contributed by atoms with E-state index in [0.717, 1.165) is 44.8 Å². The molecule has 0 radical (unpaired) electrons. The summed E-state index contributed by atoms with van der Waals surface area (Å²) >= 11 is 0. The fourth-order valence-electron chi connectivity index (χ4n) is 3.47.